The molecule has 0 radical (unpaired) electrons. The van der Waals surface area contributed by atoms with Gasteiger partial charge in [-0.2, -0.15) is 0 Å². The molecular weight excluding hydrogens is 244 g/mol. The molecule has 0 atom stereocenters. The maximum absolute atomic E-state index is 10.3. The van der Waals surface area contributed by atoms with Crippen LogP contribution in [0.4, 0.5) is 5.13 Å². The topological polar surface area (TPSA) is 36.4 Å². The number of hydrogen-bond acceptors (Lipinski definition) is 4. The van der Waals surface area contributed by atoms with E-state index in [1.807, 2.05) is 13.8 Å². The second-order valence-corrected chi connectivity index (χ2v) is 7.65. The van der Waals surface area contributed by atoms with E-state index < -0.39 is 5.60 Å². The summed E-state index contributed by atoms with van der Waals surface area (Å²) in [5, 5.41) is 11.4. The fourth-order valence-corrected chi connectivity index (χ4v) is 3.60. The van der Waals surface area contributed by atoms with Crippen LogP contribution in [0, 0.1) is 0 Å². The molecule has 0 amide bonds. The molecule has 4 heteroatoms. The molecule has 1 fully saturated rings. The summed E-state index contributed by atoms with van der Waals surface area (Å²) in [6.45, 7) is 12.4. The normalized spacial score (nSPS) is 17.6. The van der Waals surface area contributed by atoms with Crippen LogP contribution in [0.2, 0.25) is 0 Å². The first-order valence-electron chi connectivity index (χ1n) is 6.69. The van der Waals surface area contributed by atoms with Gasteiger partial charge in [-0.05, 0) is 26.7 Å². The van der Waals surface area contributed by atoms with Gasteiger partial charge in [0.1, 0.15) is 0 Å². The summed E-state index contributed by atoms with van der Waals surface area (Å²) < 4.78 is 0. The quantitative estimate of drug-likeness (QED) is 0.894. The Kier molecular flexibility index (Phi) is 3.45. The number of aromatic nitrogens is 1. The van der Waals surface area contributed by atoms with E-state index >= 15 is 0 Å². The number of anilines is 1. The van der Waals surface area contributed by atoms with E-state index in [-0.39, 0.29) is 5.41 Å². The zero-order valence-corrected chi connectivity index (χ0v) is 12.9. The highest BCUT2D eigenvalue weighted by molar-refractivity contribution is 7.15. The minimum Gasteiger partial charge on any atom is -0.385 e. The molecule has 0 bridgehead atoms. The summed E-state index contributed by atoms with van der Waals surface area (Å²) in [5.41, 5.74) is 0.212. The molecule has 1 aliphatic rings. The molecule has 1 N–H and O–H groups in total. The summed E-state index contributed by atoms with van der Waals surface area (Å²) in [6, 6.07) is 0. The summed E-state index contributed by atoms with van der Waals surface area (Å²) >= 11 is 1.66. The molecule has 0 spiro atoms. The van der Waals surface area contributed by atoms with E-state index in [1.54, 1.807) is 11.3 Å². The van der Waals surface area contributed by atoms with Crippen molar-refractivity contribution in [1.82, 2.24) is 4.98 Å². The third-order valence-corrected chi connectivity index (χ3v) is 4.69. The lowest BCUT2D eigenvalue weighted by atomic mass is 9.88. The van der Waals surface area contributed by atoms with E-state index in [4.69, 9.17) is 4.98 Å². The predicted octanol–water partition coefficient (Wildman–Crippen LogP) is 3.27. The molecule has 1 saturated heterocycles. The lowest BCUT2D eigenvalue weighted by Crippen LogP contribution is -2.22. The smallest absolute Gasteiger partial charge is 0.185 e. The maximum Gasteiger partial charge on any atom is 0.185 e. The fraction of sp³-hybridized carbons (Fsp3) is 0.786. The van der Waals surface area contributed by atoms with Gasteiger partial charge in [0.15, 0.2) is 5.13 Å². The minimum atomic E-state index is -0.807. The molecule has 2 heterocycles. The van der Waals surface area contributed by atoms with E-state index in [0.717, 1.165) is 28.8 Å². The summed E-state index contributed by atoms with van der Waals surface area (Å²) in [5.74, 6) is 0. The highest BCUT2D eigenvalue weighted by Crippen LogP contribution is 2.40. The Morgan fingerprint density at radius 1 is 1.11 bits per heavy atom. The highest BCUT2D eigenvalue weighted by Gasteiger charge is 2.32. The van der Waals surface area contributed by atoms with E-state index in [1.165, 1.54) is 12.8 Å². The highest BCUT2D eigenvalue weighted by atomic mass is 32.1. The van der Waals surface area contributed by atoms with Crippen LogP contribution in [0.15, 0.2) is 0 Å². The summed E-state index contributed by atoms with van der Waals surface area (Å²) in [4.78, 5) is 8.17. The van der Waals surface area contributed by atoms with Crippen LogP contribution in [-0.2, 0) is 11.0 Å². The van der Waals surface area contributed by atoms with Crippen LogP contribution >= 0.6 is 11.3 Å². The molecule has 3 nitrogen and oxygen atoms in total. The number of hydrogen-bond donors (Lipinski definition) is 1. The van der Waals surface area contributed by atoms with Gasteiger partial charge in [0.2, 0.25) is 0 Å². The van der Waals surface area contributed by atoms with Gasteiger partial charge in [0.25, 0.3) is 0 Å². The Morgan fingerprint density at radius 2 is 1.67 bits per heavy atom. The fourth-order valence-electron chi connectivity index (χ4n) is 2.28. The Balaban J connectivity index is 2.44. The van der Waals surface area contributed by atoms with Crippen molar-refractivity contribution in [2.45, 2.75) is 58.5 Å². The van der Waals surface area contributed by atoms with Gasteiger partial charge < -0.3 is 10.0 Å². The Hall–Kier alpha value is -0.610. The number of nitrogens with zero attached hydrogens (tertiary/aromatic N) is 2. The molecule has 1 aromatic rings. The van der Waals surface area contributed by atoms with Crippen molar-refractivity contribution in [3.8, 4) is 0 Å². The van der Waals surface area contributed by atoms with Gasteiger partial charge in [0.05, 0.1) is 16.2 Å². The molecule has 1 aromatic heterocycles. The Morgan fingerprint density at radius 3 is 2.06 bits per heavy atom. The number of aliphatic hydroxyl groups is 1. The van der Waals surface area contributed by atoms with E-state index in [2.05, 4.69) is 25.7 Å². The largest absolute Gasteiger partial charge is 0.385 e. The van der Waals surface area contributed by atoms with Gasteiger partial charge in [0, 0.05) is 18.5 Å². The minimum absolute atomic E-state index is 0.0240. The Bertz CT molecular complexity index is 388. The first-order chi connectivity index (χ1) is 8.19. The van der Waals surface area contributed by atoms with Gasteiger partial charge in [-0.25, -0.2) is 4.98 Å². The van der Waals surface area contributed by atoms with Gasteiger partial charge in [-0.1, -0.05) is 32.1 Å². The van der Waals surface area contributed by atoms with Crippen molar-refractivity contribution >= 4 is 16.5 Å². The molecule has 18 heavy (non-hydrogen) atoms. The van der Waals surface area contributed by atoms with Crippen molar-refractivity contribution in [1.29, 1.82) is 0 Å². The molecule has 0 aromatic carbocycles. The zero-order valence-electron chi connectivity index (χ0n) is 12.1. The second-order valence-electron chi connectivity index (χ2n) is 6.68. The van der Waals surface area contributed by atoms with Gasteiger partial charge in [-0.15, -0.1) is 0 Å². The molecule has 2 rings (SSSR count). The van der Waals surface area contributed by atoms with E-state index in [0.29, 0.717) is 0 Å². The standard InChI is InChI=1S/C14H24N2OS/c1-13(2,3)10-11(14(4,5)17)18-12(15-10)16-8-6-7-9-16/h17H,6-9H2,1-5H3. The summed E-state index contributed by atoms with van der Waals surface area (Å²) in [6.07, 6.45) is 2.50. The van der Waals surface area contributed by atoms with Gasteiger partial charge in [-0.3, -0.25) is 0 Å². The molecule has 0 saturated carbocycles. The monoisotopic (exact) mass is 268 g/mol. The van der Waals surface area contributed by atoms with Gasteiger partial charge >= 0.3 is 0 Å². The molecular formula is C14H24N2OS. The van der Waals surface area contributed by atoms with Crippen LogP contribution in [0.3, 0.4) is 0 Å². The van der Waals surface area contributed by atoms with Crippen molar-refractivity contribution in [3.63, 3.8) is 0 Å². The first kappa shape index (κ1) is 13.8. The average Bonchev–Trinajstić information content (AvgIpc) is 2.84. The Labute approximate surface area is 114 Å². The van der Waals surface area contributed by atoms with E-state index in [9.17, 15) is 5.11 Å². The number of rotatable bonds is 2. The molecule has 1 aliphatic heterocycles. The zero-order chi connectivity index (χ0) is 13.6. The van der Waals surface area contributed by atoms with Crippen LogP contribution in [0.5, 0.6) is 0 Å². The molecule has 0 unspecified atom stereocenters. The van der Waals surface area contributed by atoms with Crippen LogP contribution in [-0.4, -0.2) is 23.2 Å². The van der Waals surface area contributed by atoms with Crippen LogP contribution < -0.4 is 4.90 Å². The van der Waals surface area contributed by atoms with Crippen molar-refractivity contribution < 1.29 is 5.11 Å². The lowest BCUT2D eigenvalue weighted by Gasteiger charge is -2.23. The average molecular weight is 268 g/mol. The van der Waals surface area contributed by atoms with Crippen LogP contribution in [0.25, 0.3) is 0 Å². The van der Waals surface area contributed by atoms with Crippen molar-refractivity contribution in [2.24, 2.45) is 0 Å². The third kappa shape index (κ3) is 2.69. The first-order valence-corrected chi connectivity index (χ1v) is 7.50. The SMILES string of the molecule is CC(C)(C)c1nc(N2CCCC2)sc1C(C)(C)O. The molecule has 102 valence electrons. The van der Waals surface area contributed by atoms with Crippen molar-refractivity contribution in [2.75, 3.05) is 18.0 Å². The van der Waals surface area contributed by atoms with Crippen LogP contribution in [0.1, 0.15) is 58.0 Å². The second kappa shape index (κ2) is 4.49. The third-order valence-electron chi connectivity index (χ3n) is 3.26. The lowest BCUT2D eigenvalue weighted by molar-refractivity contribution is 0.0803. The predicted molar refractivity (Wildman–Crippen MR) is 77.5 cm³/mol. The molecule has 0 aliphatic carbocycles. The number of thiazole rings is 1. The van der Waals surface area contributed by atoms with Crippen molar-refractivity contribution in [3.05, 3.63) is 10.6 Å². The summed E-state index contributed by atoms with van der Waals surface area (Å²) in [7, 11) is 0. The maximum atomic E-state index is 10.3.